The molecule has 0 aliphatic carbocycles. The van der Waals surface area contributed by atoms with Crippen LogP contribution in [-0.4, -0.2) is 23.0 Å². The van der Waals surface area contributed by atoms with Crippen molar-refractivity contribution in [3.8, 4) is 0 Å². The number of nitrogens with zero attached hydrogens (tertiary/aromatic N) is 2. The summed E-state index contributed by atoms with van der Waals surface area (Å²) in [5.74, 6) is -0.699. The quantitative estimate of drug-likeness (QED) is 0.549. The molecule has 0 saturated carbocycles. The Morgan fingerprint density at radius 2 is 1.93 bits per heavy atom. The summed E-state index contributed by atoms with van der Waals surface area (Å²) in [5, 5.41) is 3.32. The largest absolute Gasteiger partial charge is 0.465 e. The van der Waals surface area contributed by atoms with Crippen molar-refractivity contribution in [2.45, 2.75) is 13.1 Å². The van der Waals surface area contributed by atoms with Gasteiger partial charge < -0.3 is 10.1 Å². The predicted octanol–water partition coefficient (Wildman–Crippen LogP) is 5.56. The second kappa shape index (κ2) is 8.20. The molecule has 0 bridgehead atoms. The Bertz CT molecular complexity index is 1040. The zero-order chi connectivity index (χ0) is 19.8. The molecule has 1 aromatic carbocycles. The zero-order valence-corrected chi connectivity index (χ0v) is 16.2. The summed E-state index contributed by atoms with van der Waals surface area (Å²) < 4.78 is 43.8. The van der Waals surface area contributed by atoms with Gasteiger partial charge in [0.15, 0.2) is 5.65 Å². The summed E-state index contributed by atoms with van der Waals surface area (Å²) in [6.07, 6.45) is -3.28. The number of anilines is 2. The van der Waals surface area contributed by atoms with Crippen LogP contribution in [0.2, 0.25) is 5.02 Å². The molecule has 3 rings (SSSR count). The number of methoxy groups -OCH3 is 1. The molecule has 0 radical (unpaired) electrons. The number of carbonyl (C=O) groups is 1. The summed E-state index contributed by atoms with van der Waals surface area (Å²) in [4.78, 5) is 20.5. The number of hydrogen-bond acceptors (Lipinski definition) is 5. The fraction of sp³-hybridized carbons (Fsp3) is 0.167. The maximum Gasteiger partial charge on any atom is 0.416 e. The molecule has 3 aromatic rings. The minimum atomic E-state index is -4.54. The molecule has 0 fully saturated rings. The molecule has 10 heteroatoms. The Balaban J connectivity index is 0.00000280. The average Bonchev–Trinajstić information content (AvgIpc) is 2.61. The molecule has 0 atom stereocenters. The van der Waals surface area contributed by atoms with Crippen molar-refractivity contribution < 1.29 is 22.7 Å². The van der Waals surface area contributed by atoms with E-state index in [1.165, 1.54) is 13.3 Å². The molecule has 1 N–H and O–H groups in total. The van der Waals surface area contributed by atoms with E-state index in [-0.39, 0.29) is 34.4 Å². The lowest BCUT2D eigenvalue weighted by Crippen LogP contribution is -2.09. The van der Waals surface area contributed by atoms with E-state index < -0.39 is 17.7 Å². The molecule has 0 amide bonds. The number of alkyl halides is 3. The van der Waals surface area contributed by atoms with E-state index in [4.69, 9.17) is 16.3 Å². The molecule has 2 aromatic heterocycles. The predicted molar refractivity (Wildman–Crippen MR) is 103 cm³/mol. The van der Waals surface area contributed by atoms with Crippen LogP contribution < -0.4 is 5.32 Å². The number of carbonyl (C=O) groups excluding carboxylic acids is 1. The van der Waals surface area contributed by atoms with Gasteiger partial charge in [0.25, 0.3) is 0 Å². The highest BCUT2D eigenvalue weighted by molar-refractivity contribution is 6.33. The van der Waals surface area contributed by atoms with Crippen LogP contribution in [0.5, 0.6) is 0 Å². The number of hydrogen-bond donors (Lipinski definition) is 1. The highest BCUT2D eigenvalue weighted by atomic mass is 35.5. The molecule has 0 aliphatic rings. The normalized spacial score (nSPS) is 11.1. The number of aryl methyl sites for hydroxylation is 1. The van der Waals surface area contributed by atoms with Gasteiger partial charge in [-0.3, -0.25) is 0 Å². The number of fused-ring (bicyclic) bond motifs is 1. The van der Waals surface area contributed by atoms with Crippen LogP contribution in [0.15, 0.2) is 36.5 Å². The minimum absolute atomic E-state index is 0. The van der Waals surface area contributed by atoms with Gasteiger partial charge in [-0.25, -0.2) is 14.8 Å². The van der Waals surface area contributed by atoms with E-state index in [1.807, 2.05) is 0 Å². The van der Waals surface area contributed by atoms with Gasteiger partial charge in [-0.15, -0.1) is 12.4 Å². The SMILES string of the molecule is COC(=O)c1cnc2nc(C)ccc2c1Nc1cc(C(F)(F)F)ccc1Cl.Cl. The first-order chi connectivity index (χ1) is 12.7. The van der Waals surface area contributed by atoms with Crippen molar-refractivity contribution in [3.63, 3.8) is 0 Å². The minimum Gasteiger partial charge on any atom is -0.465 e. The molecule has 148 valence electrons. The number of halogens is 5. The maximum atomic E-state index is 13.0. The number of rotatable bonds is 3. The number of aromatic nitrogens is 2. The van der Waals surface area contributed by atoms with Gasteiger partial charge in [0.2, 0.25) is 0 Å². The molecular weight excluding hydrogens is 418 g/mol. The van der Waals surface area contributed by atoms with Gasteiger partial charge >= 0.3 is 12.1 Å². The van der Waals surface area contributed by atoms with Crippen molar-refractivity contribution >= 4 is 52.4 Å². The van der Waals surface area contributed by atoms with Gasteiger partial charge in [0.05, 0.1) is 29.1 Å². The van der Waals surface area contributed by atoms with Crippen molar-refractivity contribution in [1.29, 1.82) is 0 Å². The standard InChI is InChI=1S/C18H13ClF3N3O2.ClH/c1-9-3-5-11-15(12(17(26)27-2)8-23-16(11)24-9)25-14-7-10(18(20,21)22)4-6-13(14)19;/h3-8H,1-2H3,(H,23,24,25);1H. The van der Waals surface area contributed by atoms with E-state index in [2.05, 4.69) is 15.3 Å². The van der Waals surface area contributed by atoms with Gasteiger partial charge in [-0.05, 0) is 37.3 Å². The topological polar surface area (TPSA) is 64.1 Å². The maximum absolute atomic E-state index is 13.0. The van der Waals surface area contributed by atoms with Gasteiger partial charge in [-0.2, -0.15) is 13.2 Å². The molecule has 5 nitrogen and oxygen atoms in total. The van der Waals surface area contributed by atoms with Crippen LogP contribution in [0.25, 0.3) is 11.0 Å². The van der Waals surface area contributed by atoms with Crippen LogP contribution in [0.3, 0.4) is 0 Å². The second-order valence-electron chi connectivity index (χ2n) is 5.68. The van der Waals surface area contributed by atoms with Gasteiger partial charge in [-0.1, -0.05) is 11.6 Å². The zero-order valence-electron chi connectivity index (χ0n) is 14.6. The van der Waals surface area contributed by atoms with Gasteiger partial charge in [0, 0.05) is 17.3 Å². The second-order valence-corrected chi connectivity index (χ2v) is 6.09. The van der Waals surface area contributed by atoms with Crippen LogP contribution in [0.1, 0.15) is 21.6 Å². The summed E-state index contributed by atoms with van der Waals surface area (Å²) in [6.45, 7) is 1.77. The lowest BCUT2D eigenvalue weighted by molar-refractivity contribution is -0.137. The monoisotopic (exact) mass is 431 g/mol. The van der Waals surface area contributed by atoms with E-state index in [1.54, 1.807) is 19.1 Å². The number of pyridine rings is 2. The first-order valence-electron chi connectivity index (χ1n) is 7.69. The van der Waals surface area contributed by atoms with Crippen LogP contribution in [0, 0.1) is 6.92 Å². The fourth-order valence-corrected chi connectivity index (χ4v) is 2.67. The average molecular weight is 432 g/mol. The fourth-order valence-electron chi connectivity index (χ4n) is 2.50. The number of esters is 1. The summed E-state index contributed by atoms with van der Waals surface area (Å²) in [7, 11) is 1.20. The lowest BCUT2D eigenvalue weighted by Gasteiger charge is -2.16. The van der Waals surface area contributed by atoms with E-state index in [9.17, 15) is 18.0 Å². The van der Waals surface area contributed by atoms with Gasteiger partial charge in [0.1, 0.15) is 5.56 Å². The molecule has 0 aliphatic heterocycles. The van der Waals surface area contributed by atoms with Crippen LogP contribution in [-0.2, 0) is 10.9 Å². The molecule has 0 saturated heterocycles. The Kier molecular flexibility index (Phi) is 6.36. The number of benzene rings is 1. The Labute approximate surface area is 169 Å². The van der Waals surface area contributed by atoms with Crippen LogP contribution in [0.4, 0.5) is 24.5 Å². The molecular formula is C18H14Cl2F3N3O2. The van der Waals surface area contributed by atoms with E-state index >= 15 is 0 Å². The first kappa shape index (κ1) is 21.7. The van der Waals surface area contributed by atoms with Crippen molar-refractivity contribution in [1.82, 2.24) is 9.97 Å². The van der Waals surface area contributed by atoms with Crippen LogP contribution >= 0.6 is 24.0 Å². The number of nitrogens with one attached hydrogen (secondary N) is 1. The van der Waals surface area contributed by atoms with Crippen molar-refractivity contribution in [2.75, 3.05) is 12.4 Å². The summed E-state index contributed by atoms with van der Waals surface area (Å²) in [6, 6.07) is 6.25. The molecule has 28 heavy (non-hydrogen) atoms. The summed E-state index contributed by atoms with van der Waals surface area (Å²) in [5.41, 5.74) is 0.396. The molecule has 0 unspecified atom stereocenters. The molecule has 0 spiro atoms. The van der Waals surface area contributed by atoms with E-state index in [0.717, 1.165) is 18.2 Å². The number of ether oxygens (including phenoxy) is 1. The highest BCUT2D eigenvalue weighted by Crippen LogP contribution is 2.37. The Morgan fingerprint density at radius 1 is 1.21 bits per heavy atom. The highest BCUT2D eigenvalue weighted by Gasteiger charge is 2.31. The Morgan fingerprint density at radius 3 is 2.57 bits per heavy atom. The lowest BCUT2D eigenvalue weighted by atomic mass is 10.1. The third-order valence-electron chi connectivity index (χ3n) is 3.83. The van der Waals surface area contributed by atoms with Crippen molar-refractivity contribution in [3.05, 3.63) is 58.4 Å². The van der Waals surface area contributed by atoms with E-state index in [0.29, 0.717) is 16.7 Å². The third kappa shape index (κ3) is 4.28. The van der Waals surface area contributed by atoms with Crippen molar-refractivity contribution in [2.24, 2.45) is 0 Å². The summed E-state index contributed by atoms with van der Waals surface area (Å²) >= 11 is 6.06. The third-order valence-corrected chi connectivity index (χ3v) is 4.16. The first-order valence-corrected chi connectivity index (χ1v) is 8.07. The molecule has 2 heterocycles. The smallest absolute Gasteiger partial charge is 0.416 e. The Hall–Kier alpha value is -2.58.